The molecule has 0 saturated carbocycles. The largest absolute Gasteiger partial charge is 0.482 e. The maximum Gasteiger partial charge on any atom is 0.265 e. The van der Waals surface area contributed by atoms with Gasteiger partial charge in [-0.3, -0.25) is 19.3 Å². The van der Waals surface area contributed by atoms with E-state index in [2.05, 4.69) is 5.32 Å². The number of aryl methyl sites for hydroxylation is 1. The molecule has 0 radical (unpaired) electrons. The van der Waals surface area contributed by atoms with E-state index in [1.165, 1.54) is 11.8 Å². The molecule has 2 aromatic carbocycles. The highest BCUT2D eigenvalue weighted by molar-refractivity contribution is 6.08. The first kappa shape index (κ1) is 18.6. The van der Waals surface area contributed by atoms with Gasteiger partial charge in [-0.2, -0.15) is 0 Å². The minimum absolute atomic E-state index is 0.122. The van der Waals surface area contributed by atoms with Gasteiger partial charge in [-0.05, 0) is 63.1 Å². The second-order valence-electron chi connectivity index (χ2n) is 6.70. The van der Waals surface area contributed by atoms with Gasteiger partial charge >= 0.3 is 0 Å². The van der Waals surface area contributed by atoms with Gasteiger partial charge in [0.15, 0.2) is 12.4 Å². The average molecular weight is 366 g/mol. The van der Waals surface area contributed by atoms with Crippen LogP contribution in [0.4, 0.5) is 11.4 Å². The molecule has 0 bridgehead atoms. The number of ketones is 1. The molecule has 0 aromatic heterocycles. The van der Waals surface area contributed by atoms with E-state index in [1.54, 1.807) is 25.1 Å². The summed E-state index contributed by atoms with van der Waals surface area (Å²) in [5.74, 6) is -0.279. The number of anilines is 2. The van der Waals surface area contributed by atoms with Gasteiger partial charge in [-0.15, -0.1) is 0 Å². The molecule has 1 aliphatic rings. The van der Waals surface area contributed by atoms with Crippen molar-refractivity contribution >= 4 is 29.0 Å². The molecular formula is C21H22N2O4. The van der Waals surface area contributed by atoms with E-state index < -0.39 is 6.04 Å². The van der Waals surface area contributed by atoms with Gasteiger partial charge in [0.25, 0.3) is 5.91 Å². The van der Waals surface area contributed by atoms with Gasteiger partial charge in [0.2, 0.25) is 5.91 Å². The van der Waals surface area contributed by atoms with Crippen molar-refractivity contribution in [1.29, 1.82) is 0 Å². The Hall–Kier alpha value is -3.15. The highest BCUT2D eigenvalue weighted by Gasteiger charge is 2.33. The van der Waals surface area contributed by atoms with Crippen LogP contribution < -0.4 is 15.0 Å². The summed E-state index contributed by atoms with van der Waals surface area (Å²) in [5, 5.41) is 2.90. The van der Waals surface area contributed by atoms with Gasteiger partial charge < -0.3 is 10.1 Å². The molecule has 0 aliphatic carbocycles. The lowest BCUT2D eigenvalue weighted by molar-refractivity contribution is -0.125. The van der Waals surface area contributed by atoms with E-state index in [1.807, 2.05) is 32.0 Å². The lowest BCUT2D eigenvalue weighted by Crippen LogP contribution is -2.49. The number of hydrogen-bond donors (Lipinski definition) is 1. The number of Topliss-reactive ketones (excluding diaryl/α,β-unsaturated/α-hetero) is 1. The summed E-state index contributed by atoms with van der Waals surface area (Å²) in [5.41, 5.74) is 3.65. The van der Waals surface area contributed by atoms with Crippen LogP contribution in [-0.2, 0) is 9.59 Å². The third kappa shape index (κ3) is 3.56. The second-order valence-corrected chi connectivity index (χ2v) is 6.70. The molecule has 1 unspecified atom stereocenters. The van der Waals surface area contributed by atoms with Gasteiger partial charge in [-0.25, -0.2) is 0 Å². The Labute approximate surface area is 158 Å². The summed E-state index contributed by atoms with van der Waals surface area (Å²) in [4.78, 5) is 38.4. The maximum atomic E-state index is 12.8. The molecule has 0 spiro atoms. The van der Waals surface area contributed by atoms with E-state index in [0.29, 0.717) is 22.7 Å². The second kappa shape index (κ2) is 7.23. The zero-order valence-corrected chi connectivity index (χ0v) is 15.8. The Balaban J connectivity index is 1.92. The molecule has 1 atom stereocenters. The number of hydrogen-bond acceptors (Lipinski definition) is 4. The van der Waals surface area contributed by atoms with Crippen LogP contribution in [0.25, 0.3) is 0 Å². The number of benzene rings is 2. The first-order chi connectivity index (χ1) is 12.8. The fourth-order valence-electron chi connectivity index (χ4n) is 3.06. The van der Waals surface area contributed by atoms with Crippen LogP contribution in [0, 0.1) is 13.8 Å². The van der Waals surface area contributed by atoms with E-state index in [4.69, 9.17) is 4.74 Å². The fourth-order valence-corrected chi connectivity index (χ4v) is 3.06. The summed E-state index contributed by atoms with van der Waals surface area (Å²) in [7, 11) is 0. The van der Waals surface area contributed by atoms with Crippen molar-refractivity contribution in [2.45, 2.75) is 33.7 Å². The molecule has 1 heterocycles. The van der Waals surface area contributed by atoms with Crippen molar-refractivity contribution in [1.82, 2.24) is 0 Å². The standard InChI is InChI=1S/C21H22N2O4/c1-12-6-5-7-17(13(12)2)22-21(26)14(3)23-18-10-16(15(4)24)8-9-19(18)27-11-20(23)25/h5-10,14H,11H2,1-4H3,(H,22,26). The maximum absolute atomic E-state index is 12.8. The summed E-state index contributed by atoms with van der Waals surface area (Å²) < 4.78 is 5.45. The molecule has 140 valence electrons. The predicted molar refractivity (Wildman–Crippen MR) is 103 cm³/mol. The van der Waals surface area contributed by atoms with E-state index in [-0.39, 0.29) is 24.2 Å². The quantitative estimate of drug-likeness (QED) is 0.843. The topological polar surface area (TPSA) is 75.7 Å². The van der Waals surface area contributed by atoms with Crippen molar-refractivity contribution in [3.05, 3.63) is 53.1 Å². The monoisotopic (exact) mass is 366 g/mol. The predicted octanol–water partition coefficient (Wildman–Crippen LogP) is 3.26. The number of fused-ring (bicyclic) bond motifs is 1. The van der Waals surface area contributed by atoms with E-state index >= 15 is 0 Å². The Morgan fingerprint density at radius 1 is 1.19 bits per heavy atom. The number of nitrogens with one attached hydrogen (secondary N) is 1. The minimum atomic E-state index is -0.762. The van der Waals surface area contributed by atoms with Crippen LogP contribution in [0.1, 0.15) is 35.3 Å². The SMILES string of the molecule is CC(=O)c1ccc2c(c1)N(C(C)C(=O)Nc1cccc(C)c1C)C(=O)CO2. The Kier molecular flexibility index (Phi) is 4.99. The van der Waals surface area contributed by atoms with Gasteiger partial charge in [0.1, 0.15) is 11.8 Å². The molecule has 0 fully saturated rings. The Morgan fingerprint density at radius 3 is 2.63 bits per heavy atom. The van der Waals surface area contributed by atoms with Crippen LogP contribution in [-0.4, -0.2) is 30.2 Å². The number of rotatable bonds is 4. The first-order valence-corrected chi connectivity index (χ1v) is 8.76. The minimum Gasteiger partial charge on any atom is -0.482 e. The molecule has 2 amide bonds. The number of nitrogens with zero attached hydrogens (tertiary/aromatic N) is 1. The summed E-state index contributed by atoms with van der Waals surface area (Å²) >= 11 is 0. The molecular weight excluding hydrogens is 344 g/mol. The fraction of sp³-hybridized carbons (Fsp3) is 0.286. The molecule has 6 heteroatoms. The van der Waals surface area contributed by atoms with Crippen molar-refractivity contribution in [3.8, 4) is 5.75 Å². The van der Waals surface area contributed by atoms with Crippen molar-refractivity contribution in [2.75, 3.05) is 16.8 Å². The van der Waals surface area contributed by atoms with Crippen LogP contribution in [0.2, 0.25) is 0 Å². The summed E-state index contributed by atoms with van der Waals surface area (Å²) in [6, 6.07) is 9.81. The number of carbonyl (C=O) groups excluding carboxylic acids is 3. The lowest BCUT2D eigenvalue weighted by Gasteiger charge is -2.33. The zero-order valence-electron chi connectivity index (χ0n) is 15.8. The molecule has 27 heavy (non-hydrogen) atoms. The van der Waals surface area contributed by atoms with Gasteiger partial charge in [0, 0.05) is 11.3 Å². The molecule has 3 rings (SSSR count). The molecule has 0 saturated heterocycles. The number of carbonyl (C=O) groups is 3. The number of ether oxygens (including phenoxy) is 1. The molecule has 6 nitrogen and oxygen atoms in total. The Morgan fingerprint density at radius 2 is 1.93 bits per heavy atom. The van der Waals surface area contributed by atoms with E-state index in [9.17, 15) is 14.4 Å². The lowest BCUT2D eigenvalue weighted by atomic mass is 10.1. The summed E-state index contributed by atoms with van der Waals surface area (Å²) in [6.45, 7) is 6.87. The third-order valence-electron chi connectivity index (χ3n) is 4.87. The van der Waals surface area contributed by atoms with Crippen LogP contribution in [0.5, 0.6) is 5.75 Å². The smallest absolute Gasteiger partial charge is 0.265 e. The normalized spacial score (nSPS) is 14.2. The van der Waals surface area contributed by atoms with Gasteiger partial charge in [-0.1, -0.05) is 12.1 Å². The summed E-state index contributed by atoms with van der Waals surface area (Å²) in [6.07, 6.45) is 0. The van der Waals surface area contributed by atoms with Crippen molar-refractivity contribution < 1.29 is 19.1 Å². The van der Waals surface area contributed by atoms with Crippen LogP contribution in [0.15, 0.2) is 36.4 Å². The molecule has 1 N–H and O–H groups in total. The third-order valence-corrected chi connectivity index (χ3v) is 4.87. The van der Waals surface area contributed by atoms with Crippen molar-refractivity contribution in [3.63, 3.8) is 0 Å². The highest BCUT2D eigenvalue weighted by atomic mass is 16.5. The molecule has 1 aliphatic heterocycles. The average Bonchev–Trinajstić information content (AvgIpc) is 2.64. The zero-order chi connectivity index (χ0) is 19.7. The van der Waals surface area contributed by atoms with Crippen LogP contribution in [0.3, 0.4) is 0 Å². The number of amides is 2. The first-order valence-electron chi connectivity index (χ1n) is 8.76. The molecule has 2 aromatic rings. The van der Waals surface area contributed by atoms with Crippen LogP contribution >= 0.6 is 0 Å². The Bertz CT molecular complexity index is 936. The highest BCUT2D eigenvalue weighted by Crippen LogP contribution is 2.34. The van der Waals surface area contributed by atoms with Gasteiger partial charge in [0.05, 0.1) is 5.69 Å². The van der Waals surface area contributed by atoms with Crippen molar-refractivity contribution in [2.24, 2.45) is 0 Å². The van der Waals surface area contributed by atoms with E-state index in [0.717, 1.165) is 11.1 Å².